The van der Waals surface area contributed by atoms with Crippen molar-refractivity contribution in [1.29, 1.82) is 0 Å². The Labute approximate surface area is 109 Å². The van der Waals surface area contributed by atoms with Crippen molar-refractivity contribution in [3.63, 3.8) is 0 Å². The molecular weight excluding hydrogens is 267 g/mol. The second-order valence-corrected chi connectivity index (χ2v) is 5.01. The van der Waals surface area contributed by atoms with Gasteiger partial charge in [-0.25, -0.2) is 4.98 Å². The minimum atomic E-state index is -4.45. The van der Waals surface area contributed by atoms with Crippen molar-refractivity contribution < 1.29 is 13.2 Å². The molecule has 0 bridgehead atoms. The number of alkyl halides is 3. The Morgan fingerprint density at radius 1 is 1.39 bits per heavy atom. The first kappa shape index (κ1) is 15.0. The molecule has 0 saturated heterocycles. The molecule has 0 aliphatic rings. The van der Waals surface area contributed by atoms with Crippen LogP contribution in [0.2, 0.25) is 5.02 Å². The summed E-state index contributed by atoms with van der Waals surface area (Å²) in [4.78, 5) is 5.44. The van der Waals surface area contributed by atoms with Crippen LogP contribution in [0.25, 0.3) is 0 Å². The molecule has 0 radical (unpaired) electrons. The van der Waals surface area contributed by atoms with Crippen LogP contribution in [0.3, 0.4) is 0 Å². The van der Waals surface area contributed by atoms with Crippen LogP contribution in [0.5, 0.6) is 0 Å². The van der Waals surface area contributed by atoms with E-state index in [2.05, 4.69) is 4.98 Å². The number of aromatic nitrogens is 1. The fourth-order valence-corrected chi connectivity index (χ4v) is 1.55. The minimum Gasteiger partial charge on any atom is -0.352 e. The van der Waals surface area contributed by atoms with Gasteiger partial charge in [0.15, 0.2) is 0 Å². The average Bonchev–Trinajstić information content (AvgIpc) is 2.26. The highest BCUT2D eigenvalue weighted by Gasteiger charge is 2.33. The Bertz CT molecular complexity index is 432. The first-order valence-corrected chi connectivity index (χ1v) is 5.64. The SMILES string of the molecule is CN(c1ncc(C(F)(F)F)cc1Cl)C(C)(C)CN. The third kappa shape index (κ3) is 3.05. The summed E-state index contributed by atoms with van der Waals surface area (Å²) in [6.45, 7) is 4.02. The molecule has 1 heterocycles. The van der Waals surface area contributed by atoms with Gasteiger partial charge >= 0.3 is 6.18 Å². The summed E-state index contributed by atoms with van der Waals surface area (Å²) in [7, 11) is 1.69. The zero-order valence-corrected chi connectivity index (χ0v) is 11.1. The minimum absolute atomic E-state index is 0.0474. The van der Waals surface area contributed by atoms with Gasteiger partial charge in [-0.15, -0.1) is 0 Å². The van der Waals surface area contributed by atoms with Crippen LogP contribution in [0, 0.1) is 0 Å². The molecule has 0 aliphatic heterocycles. The zero-order chi connectivity index (χ0) is 14.1. The smallest absolute Gasteiger partial charge is 0.352 e. The number of nitrogens with two attached hydrogens (primary N) is 1. The molecule has 0 saturated carbocycles. The Morgan fingerprint density at radius 3 is 2.33 bits per heavy atom. The Balaban J connectivity index is 3.14. The Kier molecular flexibility index (Phi) is 4.12. The van der Waals surface area contributed by atoms with Crippen molar-refractivity contribution in [3.05, 3.63) is 22.8 Å². The van der Waals surface area contributed by atoms with Crippen molar-refractivity contribution in [2.75, 3.05) is 18.5 Å². The van der Waals surface area contributed by atoms with Crippen LogP contribution < -0.4 is 10.6 Å². The topological polar surface area (TPSA) is 42.2 Å². The van der Waals surface area contributed by atoms with Gasteiger partial charge in [0, 0.05) is 25.3 Å². The normalized spacial score (nSPS) is 12.7. The van der Waals surface area contributed by atoms with E-state index in [9.17, 15) is 13.2 Å². The number of anilines is 1. The molecule has 0 spiro atoms. The summed E-state index contributed by atoms with van der Waals surface area (Å²) in [5.41, 5.74) is 4.29. The zero-order valence-electron chi connectivity index (χ0n) is 10.3. The number of pyridine rings is 1. The predicted octanol–water partition coefficient (Wildman–Crippen LogP) is 2.93. The molecule has 0 aliphatic carbocycles. The summed E-state index contributed by atoms with van der Waals surface area (Å²) < 4.78 is 37.4. The number of hydrogen-bond acceptors (Lipinski definition) is 3. The van der Waals surface area contributed by atoms with Crippen LogP contribution in [0.4, 0.5) is 19.0 Å². The third-order valence-corrected chi connectivity index (χ3v) is 3.15. The maximum Gasteiger partial charge on any atom is 0.417 e. The van der Waals surface area contributed by atoms with Crippen molar-refractivity contribution >= 4 is 17.4 Å². The molecule has 0 unspecified atom stereocenters. The first-order chi connectivity index (χ1) is 8.09. The monoisotopic (exact) mass is 281 g/mol. The van der Waals surface area contributed by atoms with E-state index in [1.807, 2.05) is 13.8 Å². The predicted molar refractivity (Wildman–Crippen MR) is 65.8 cm³/mol. The van der Waals surface area contributed by atoms with Crippen LogP contribution in [-0.4, -0.2) is 24.1 Å². The maximum atomic E-state index is 12.5. The summed E-state index contributed by atoms with van der Waals surface area (Å²) in [5, 5.41) is -0.0474. The highest BCUT2D eigenvalue weighted by Crippen LogP contribution is 2.34. The summed E-state index contributed by atoms with van der Waals surface area (Å²) >= 11 is 5.85. The van der Waals surface area contributed by atoms with Gasteiger partial charge in [-0.1, -0.05) is 11.6 Å². The molecule has 0 fully saturated rings. The molecule has 0 amide bonds. The summed E-state index contributed by atoms with van der Waals surface area (Å²) in [6, 6.07) is 0.868. The van der Waals surface area contributed by atoms with E-state index in [1.54, 1.807) is 11.9 Å². The van der Waals surface area contributed by atoms with E-state index in [-0.39, 0.29) is 10.8 Å². The maximum absolute atomic E-state index is 12.5. The molecule has 1 aromatic rings. The molecule has 102 valence electrons. The third-order valence-electron chi connectivity index (χ3n) is 2.87. The second-order valence-electron chi connectivity index (χ2n) is 4.60. The van der Waals surface area contributed by atoms with Crippen LogP contribution in [0.15, 0.2) is 12.3 Å². The number of likely N-dealkylation sites (N-methyl/N-ethyl adjacent to an activating group) is 1. The van der Waals surface area contributed by atoms with E-state index >= 15 is 0 Å². The first-order valence-electron chi connectivity index (χ1n) is 5.26. The highest BCUT2D eigenvalue weighted by atomic mass is 35.5. The van der Waals surface area contributed by atoms with Gasteiger partial charge in [-0.3, -0.25) is 0 Å². The highest BCUT2D eigenvalue weighted by molar-refractivity contribution is 6.33. The summed E-state index contributed by atoms with van der Waals surface area (Å²) in [6.07, 6.45) is -3.68. The van der Waals surface area contributed by atoms with E-state index in [1.165, 1.54) is 0 Å². The molecule has 2 N–H and O–H groups in total. The van der Waals surface area contributed by atoms with Crippen LogP contribution >= 0.6 is 11.6 Å². The van der Waals surface area contributed by atoms with Gasteiger partial charge in [0.2, 0.25) is 0 Å². The van der Waals surface area contributed by atoms with E-state index in [0.717, 1.165) is 12.3 Å². The van der Waals surface area contributed by atoms with Gasteiger partial charge in [-0.2, -0.15) is 13.2 Å². The lowest BCUT2D eigenvalue weighted by Crippen LogP contribution is -2.47. The van der Waals surface area contributed by atoms with Crippen LogP contribution in [0.1, 0.15) is 19.4 Å². The Hall–Kier alpha value is -1.01. The van der Waals surface area contributed by atoms with E-state index in [0.29, 0.717) is 6.54 Å². The van der Waals surface area contributed by atoms with E-state index in [4.69, 9.17) is 17.3 Å². The molecular formula is C11H15ClF3N3. The lowest BCUT2D eigenvalue weighted by atomic mass is 10.0. The fraction of sp³-hybridized carbons (Fsp3) is 0.545. The van der Waals surface area contributed by atoms with Crippen molar-refractivity contribution in [2.24, 2.45) is 5.73 Å². The molecule has 3 nitrogen and oxygen atoms in total. The molecule has 1 rings (SSSR count). The van der Waals surface area contributed by atoms with E-state index < -0.39 is 17.3 Å². The lowest BCUT2D eigenvalue weighted by Gasteiger charge is -2.36. The van der Waals surface area contributed by atoms with Crippen molar-refractivity contribution in [3.8, 4) is 0 Å². The van der Waals surface area contributed by atoms with Gasteiger partial charge < -0.3 is 10.6 Å². The summed E-state index contributed by atoms with van der Waals surface area (Å²) in [5.74, 6) is 0.278. The number of rotatable bonds is 3. The van der Waals surface area contributed by atoms with Crippen molar-refractivity contribution in [2.45, 2.75) is 25.6 Å². The van der Waals surface area contributed by atoms with Gasteiger partial charge in [0.1, 0.15) is 5.82 Å². The van der Waals surface area contributed by atoms with Gasteiger partial charge in [0.05, 0.1) is 10.6 Å². The number of nitrogens with zero attached hydrogens (tertiary/aromatic N) is 2. The average molecular weight is 282 g/mol. The second kappa shape index (κ2) is 4.93. The van der Waals surface area contributed by atoms with Gasteiger partial charge in [0.25, 0.3) is 0 Å². The van der Waals surface area contributed by atoms with Crippen molar-refractivity contribution in [1.82, 2.24) is 4.98 Å². The fourth-order valence-electron chi connectivity index (χ4n) is 1.26. The van der Waals surface area contributed by atoms with Gasteiger partial charge in [-0.05, 0) is 19.9 Å². The molecule has 18 heavy (non-hydrogen) atoms. The number of hydrogen-bond donors (Lipinski definition) is 1. The molecule has 1 aromatic heterocycles. The lowest BCUT2D eigenvalue weighted by molar-refractivity contribution is -0.137. The number of halogens is 4. The molecule has 0 atom stereocenters. The largest absolute Gasteiger partial charge is 0.417 e. The quantitative estimate of drug-likeness (QED) is 0.926. The molecule has 0 aromatic carbocycles. The standard InChI is InChI=1S/C11H15ClF3N3/c1-10(2,6-16)18(3)9-8(12)4-7(5-17-9)11(13,14)15/h4-5H,6,16H2,1-3H3. The molecule has 7 heteroatoms. The Morgan fingerprint density at radius 2 is 1.94 bits per heavy atom. The van der Waals surface area contributed by atoms with Crippen LogP contribution in [-0.2, 0) is 6.18 Å².